The molecule has 0 spiro atoms. The van der Waals surface area contributed by atoms with Gasteiger partial charge >= 0.3 is 0 Å². The van der Waals surface area contributed by atoms with Crippen molar-refractivity contribution in [3.05, 3.63) is 36.4 Å². The molecule has 2 fully saturated rings. The number of aromatic nitrogens is 5. The Hall–Kier alpha value is -2.70. The van der Waals surface area contributed by atoms with Crippen molar-refractivity contribution in [3.8, 4) is 0 Å². The van der Waals surface area contributed by atoms with E-state index >= 15 is 0 Å². The first-order chi connectivity index (χ1) is 11.8. The van der Waals surface area contributed by atoms with Gasteiger partial charge in [-0.05, 0) is 31.0 Å². The van der Waals surface area contributed by atoms with Gasteiger partial charge in [0.15, 0.2) is 5.82 Å². The molecule has 0 amide bonds. The molecular formula is C17H19N7. The van der Waals surface area contributed by atoms with Gasteiger partial charge in [0.2, 0.25) is 0 Å². The van der Waals surface area contributed by atoms with E-state index in [0.29, 0.717) is 12.0 Å². The molecule has 0 unspecified atom stereocenters. The number of likely N-dealkylation sites (N-methyl/N-ethyl adjacent to an activating group) is 1. The molecule has 0 bridgehead atoms. The van der Waals surface area contributed by atoms with Crippen LogP contribution in [0.1, 0.15) is 24.5 Å². The van der Waals surface area contributed by atoms with Crippen molar-refractivity contribution in [2.24, 2.45) is 0 Å². The second kappa shape index (κ2) is 5.15. The van der Waals surface area contributed by atoms with Gasteiger partial charge in [0.1, 0.15) is 17.8 Å². The lowest BCUT2D eigenvalue weighted by molar-refractivity contribution is 0.488. The maximum Gasteiger partial charge on any atom is 0.151 e. The fourth-order valence-electron chi connectivity index (χ4n) is 3.30. The molecule has 24 heavy (non-hydrogen) atoms. The molecule has 2 aliphatic rings. The number of H-pyrrole nitrogens is 1. The van der Waals surface area contributed by atoms with Crippen LogP contribution >= 0.6 is 0 Å². The molecule has 5 rings (SSSR count). The molecule has 1 saturated carbocycles. The van der Waals surface area contributed by atoms with Gasteiger partial charge in [-0.25, -0.2) is 9.97 Å². The number of hydrogen-bond donors (Lipinski definition) is 1. The number of aromatic amines is 1. The maximum atomic E-state index is 4.47. The van der Waals surface area contributed by atoms with Crippen LogP contribution < -0.4 is 9.80 Å². The smallest absolute Gasteiger partial charge is 0.151 e. The Balaban J connectivity index is 1.29. The molecule has 1 aliphatic carbocycles. The fourth-order valence-corrected chi connectivity index (χ4v) is 3.30. The van der Waals surface area contributed by atoms with Crippen molar-refractivity contribution < 1.29 is 0 Å². The SMILES string of the molecule is CN(c1ncnc2[nH]ccc12)C1CN(c2ccc(C3CC3)nn2)C1. The van der Waals surface area contributed by atoms with Gasteiger partial charge in [0, 0.05) is 32.3 Å². The number of anilines is 2. The summed E-state index contributed by atoms with van der Waals surface area (Å²) in [7, 11) is 2.10. The van der Waals surface area contributed by atoms with Crippen LogP contribution in [0.4, 0.5) is 11.6 Å². The van der Waals surface area contributed by atoms with E-state index in [4.69, 9.17) is 0 Å². The average Bonchev–Trinajstić information content (AvgIpc) is 3.30. The number of hydrogen-bond acceptors (Lipinski definition) is 6. The van der Waals surface area contributed by atoms with Gasteiger partial charge in [0.05, 0.1) is 17.1 Å². The zero-order chi connectivity index (χ0) is 16.1. The van der Waals surface area contributed by atoms with Gasteiger partial charge in [-0.15, -0.1) is 5.10 Å². The standard InChI is InChI=1S/C17H19N7/c1-23(17-13-6-7-18-16(13)19-10-20-17)12-8-24(9-12)15-5-4-14(21-22-15)11-2-3-11/h4-7,10-12H,2-3,8-9H2,1H3,(H,18,19,20). The lowest BCUT2D eigenvalue weighted by atomic mass is 10.1. The van der Waals surface area contributed by atoms with E-state index < -0.39 is 0 Å². The summed E-state index contributed by atoms with van der Waals surface area (Å²) < 4.78 is 0. The molecule has 3 aromatic rings. The minimum Gasteiger partial charge on any atom is -0.352 e. The topological polar surface area (TPSA) is 73.8 Å². The molecule has 4 heterocycles. The minimum absolute atomic E-state index is 0.419. The van der Waals surface area contributed by atoms with E-state index in [1.807, 2.05) is 12.3 Å². The predicted octanol–water partition coefficient (Wildman–Crippen LogP) is 1.95. The Labute approximate surface area is 139 Å². The summed E-state index contributed by atoms with van der Waals surface area (Å²) in [6.07, 6.45) is 6.04. The van der Waals surface area contributed by atoms with Crippen LogP contribution in [0.5, 0.6) is 0 Å². The molecule has 0 atom stereocenters. The Bertz CT molecular complexity index is 862. The number of rotatable bonds is 4. The van der Waals surface area contributed by atoms with Crippen molar-refractivity contribution >= 4 is 22.7 Å². The highest BCUT2D eigenvalue weighted by Gasteiger charge is 2.33. The molecule has 7 heteroatoms. The predicted molar refractivity (Wildman–Crippen MR) is 92.3 cm³/mol. The third kappa shape index (κ3) is 2.19. The normalized spacial score (nSPS) is 18.0. The van der Waals surface area contributed by atoms with Crippen molar-refractivity contribution in [1.29, 1.82) is 0 Å². The summed E-state index contributed by atoms with van der Waals surface area (Å²) in [4.78, 5) is 16.4. The van der Waals surface area contributed by atoms with Crippen molar-refractivity contribution in [1.82, 2.24) is 25.1 Å². The molecule has 7 nitrogen and oxygen atoms in total. The maximum absolute atomic E-state index is 4.47. The Morgan fingerprint density at radius 1 is 1.12 bits per heavy atom. The second-order valence-electron chi connectivity index (χ2n) is 6.70. The highest BCUT2D eigenvalue weighted by atomic mass is 15.4. The van der Waals surface area contributed by atoms with Crippen LogP contribution in [-0.4, -0.2) is 51.3 Å². The van der Waals surface area contributed by atoms with Crippen LogP contribution in [0.15, 0.2) is 30.7 Å². The molecule has 0 aromatic carbocycles. The third-order valence-corrected chi connectivity index (χ3v) is 5.07. The summed E-state index contributed by atoms with van der Waals surface area (Å²) in [6, 6.07) is 6.68. The summed E-state index contributed by atoms with van der Waals surface area (Å²) in [5.74, 6) is 2.60. The van der Waals surface area contributed by atoms with E-state index in [-0.39, 0.29) is 0 Å². The van der Waals surface area contributed by atoms with Gasteiger partial charge < -0.3 is 14.8 Å². The molecule has 1 N–H and O–H groups in total. The number of nitrogens with zero attached hydrogens (tertiary/aromatic N) is 6. The number of fused-ring (bicyclic) bond motifs is 1. The van der Waals surface area contributed by atoms with Gasteiger partial charge in [-0.3, -0.25) is 0 Å². The lowest BCUT2D eigenvalue weighted by Gasteiger charge is -2.44. The van der Waals surface area contributed by atoms with Crippen molar-refractivity contribution in [2.75, 3.05) is 29.9 Å². The van der Waals surface area contributed by atoms with Crippen molar-refractivity contribution in [3.63, 3.8) is 0 Å². The van der Waals surface area contributed by atoms with Crippen LogP contribution in [0.3, 0.4) is 0 Å². The lowest BCUT2D eigenvalue weighted by Crippen LogP contribution is -2.59. The minimum atomic E-state index is 0.419. The molecule has 1 aliphatic heterocycles. The molecule has 0 radical (unpaired) electrons. The summed E-state index contributed by atoms with van der Waals surface area (Å²) >= 11 is 0. The summed E-state index contributed by atoms with van der Waals surface area (Å²) in [5, 5.41) is 9.83. The highest BCUT2D eigenvalue weighted by Crippen LogP contribution is 2.39. The van der Waals surface area contributed by atoms with E-state index in [0.717, 1.165) is 41.5 Å². The third-order valence-electron chi connectivity index (χ3n) is 5.07. The first-order valence-electron chi connectivity index (χ1n) is 8.39. The number of nitrogens with one attached hydrogen (secondary N) is 1. The Morgan fingerprint density at radius 3 is 2.75 bits per heavy atom. The molecule has 3 aromatic heterocycles. The zero-order valence-corrected chi connectivity index (χ0v) is 13.6. The van der Waals surface area contributed by atoms with Crippen LogP contribution in [0.2, 0.25) is 0 Å². The van der Waals surface area contributed by atoms with Crippen LogP contribution in [0, 0.1) is 0 Å². The van der Waals surface area contributed by atoms with Crippen LogP contribution in [0.25, 0.3) is 11.0 Å². The summed E-state index contributed by atoms with van der Waals surface area (Å²) in [6.45, 7) is 1.87. The molecule has 122 valence electrons. The highest BCUT2D eigenvalue weighted by molar-refractivity contribution is 5.87. The van der Waals surface area contributed by atoms with E-state index in [9.17, 15) is 0 Å². The Kier molecular flexibility index (Phi) is 2.95. The van der Waals surface area contributed by atoms with E-state index in [1.165, 1.54) is 12.8 Å². The average molecular weight is 321 g/mol. The monoisotopic (exact) mass is 321 g/mol. The zero-order valence-electron chi connectivity index (χ0n) is 13.6. The van der Waals surface area contributed by atoms with Gasteiger partial charge in [0.25, 0.3) is 0 Å². The Morgan fingerprint density at radius 2 is 2.00 bits per heavy atom. The first-order valence-corrected chi connectivity index (χ1v) is 8.39. The quantitative estimate of drug-likeness (QED) is 0.792. The van der Waals surface area contributed by atoms with E-state index in [1.54, 1.807) is 6.33 Å². The van der Waals surface area contributed by atoms with E-state index in [2.05, 4.69) is 54.1 Å². The van der Waals surface area contributed by atoms with Crippen molar-refractivity contribution in [2.45, 2.75) is 24.8 Å². The summed E-state index contributed by atoms with van der Waals surface area (Å²) in [5.41, 5.74) is 2.02. The largest absolute Gasteiger partial charge is 0.352 e. The second-order valence-corrected chi connectivity index (χ2v) is 6.70. The first kappa shape index (κ1) is 13.7. The molecular weight excluding hydrogens is 302 g/mol. The van der Waals surface area contributed by atoms with Gasteiger partial charge in [-0.1, -0.05) is 0 Å². The van der Waals surface area contributed by atoms with Gasteiger partial charge in [-0.2, -0.15) is 5.10 Å². The fraction of sp³-hybridized carbons (Fsp3) is 0.412. The molecule has 1 saturated heterocycles. The van der Waals surface area contributed by atoms with Crippen LogP contribution in [-0.2, 0) is 0 Å².